The molecule has 1 saturated heterocycles. The minimum absolute atomic E-state index is 0.227. The van der Waals surface area contributed by atoms with Crippen molar-refractivity contribution in [3.63, 3.8) is 0 Å². The molecule has 0 N–H and O–H groups in total. The molecule has 0 aromatic heterocycles. The van der Waals surface area contributed by atoms with E-state index in [9.17, 15) is 9.59 Å². The van der Waals surface area contributed by atoms with E-state index in [2.05, 4.69) is 0 Å². The van der Waals surface area contributed by atoms with Gasteiger partial charge in [0.1, 0.15) is 11.4 Å². The highest BCUT2D eigenvalue weighted by Gasteiger charge is 2.25. The molecular weight excluding hydrogens is 184 g/mol. The molecule has 0 unspecified atom stereocenters. The molecule has 0 aromatic carbocycles. The third-order valence-electron chi connectivity index (χ3n) is 1.97. The van der Waals surface area contributed by atoms with Crippen LogP contribution in [0.1, 0.15) is 33.6 Å². The van der Waals surface area contributed by atoms with Gasteiger partial charge in [0.15, 0.2) is 0 Å². The van der Waals surface area contributed by atoms with Crippen LogP contribution in [0.4, 0.5) is 4.79 Å². The number of amides is 1. The van der Waals surface area contributed by atoms with Gasteiger partial charge in [0.25, 0.3) is 0 Å². The van der Waals surface area contributed by atoms with Crippen molar-refractivity contribution in [2.45, 2.75) is 39.2 Å². The fraction of sp³-hybridized carbons (Fsp3) is 0.800. The molecule has 1 rings (SSSR count). The molecule has 1 heterocycles. The van der Waals surface area contributed by atoms with Crippen molar-refractivity contribution in [2.24, 2.45) is 0 Å². The van der Waals surface area contributed by atoms with Crippen LogP contribution >= 0.6 is 0 Å². The van der Waals surface area contributed by atoms with Crippen molar-refractivity contribution in [2.75, 3.05) is 13.1 Å². The first-order chi connectivity index (χ1) is 6.38. The Hall–Kier alpha value is -1.06. The Morgan fingerprint density at radius 2 is 2.14 bits per heavy atom. The molecule has 0 aromatic rings. The summed E-state index contributed by atoms with van der Waals surface area (Å²) in [7, 11) is 0. The zero-order valence-corrected chi connectivity index (χ0v) is 9.00. The van der Waals surface area contributed by atoms with Crippen LogP contribution in [-0.4, -0.2) is 35.5 Å². The summed E-state index contributed by atoms with van der Waals surface area (Å²) >= 11 is 0. The monoisotopic (exact) mass is 201 g/mol. The van der Waals surface area contributed by atoms with E-state index in [0.717, 1.165) is 0 Å². The van der Waals surface area contributed by atoms with Gasteiger partial charge in [-0.2, -0.15) is 0 Å². The van der Waals surface area contributed by atoms with Gasteiger partial charge in [-0.15, -0.1) is 0 Å². The van der Waals surface area contributed by atoms with E-state index >= 15 is 0 Å². The van der Waals surface area contributed by atoms with Gasteiger partial charge in [0.2, 0.25) is 0 Å². The maximum Gasteiger partial charge on any atom is 0.410 e. The van der Waals surface area contributed by atoms with E-state index in [1.165, 1.54) is 0 Å². The minimum atomic E-state index is -0.460. The Kier molecular flexibility index (Phi) is 3.13. The van der Waals surface area contributed by atoms with Crippen LogP contribution in [0.2, 0.25) is 0 Å². The molecule has 14 heavy (non-hydrogen) atoms. The van der Waals surface area contributed by atoms with Crippen molar-refractivity contribution in [3.8, 4) is 0 Å². The molecule has 4 heteroatoms. The molecule has 80 valence electrons. The fourth-order valence-electron chi connectivity index (χ4n) is 1.27. The maximum absolute atomic E-state index is 11.5. The Balaban J connectivity index is 2.42. The first-order valence-electron chi connectivity index (χ1n) is 4.88. The van der Waals surface area contributed by atoms with Gasteiger partial charge < -0.3 is 9.64 Å². The molecule has 1 amide bonds. The first kappa shape index (κ1) is 11.0. The molecule has 0 spiro atoms. The van der Waals surface area contributed by atoms with Crippen molar-refractivity contribution >= 4 is 11.9 Å². The number of ether oxygens (including phenoxy) is 1. The quantitative estimate of drug-likeness (QED) is 0.598. The van der Waals surface area contributed by atoms with Gasteiger partial charge in [-0.3, -0.25) is 4.79 Å². The van der Waals surface area contributed by atoms with E-state index in [1.807, 2.05) is 20.8 Å². The second-order valence-corrected chi connectivity index (χ2v) is 4.51. The standard InChI is InChI=1S/C10H17NO3/c1-10(2,3)14-9(13)11-6-4-8(12)5-7-11/h4-7H2,1-3H3/i6+2. The molecule has 0 radical (unpaired) electrons. The van der Waals surface area contributed by atoms with Gasteiger partial charge in [-0.05, 0) is 20.8 Å². The number of likely N-dealkylation sites (tertiary alicyclic amines) is 1. The summed E-state index contributed by atoms with van der Waals surface area (Å²) in [6, 6.07) is 0. The van der Waals surface area contributed by atoms with E-state index in [0.29, 0.717) is 25.9 Å². The summed E-state index contributed by atoms with van der Waals surface area (Å²) in [5.41, 5.74) is -0.460. The van der Waals surface area contributed by atoms with Crippen LogP contribution in [0.5, 0.6) is 0 Å². The van der Waals surface area contributed by atoms with Crippen molar-refractivity contribution in [1.29, 1.82) is 0 Å². The molecule has 1 aliphatic heterocycles. The van der Waals surface area contributed by atoms with E-state index in [1.54, 1.807) is 4.90 Å². The fourth-order valence-corrected chi connectivity index (χ4v) is 1.27. The van der Waals surface area contributed by atoms with Gasteiger partial charge in [0, 0.05) is 25.9 Å². The average molecular weight is 201 g/mol. The van der Waals surface area contributed by atoms with Gasteiger partial charge >= 0.3 is 6.09 Å². The SMILES string of the molecule is CC(C)(C)OC(=O)N1CCC(=O)C[14CH2]1. The number of piperidine rings is 1. The maximum atomic E-state index is 11.5. The predicted octanol–water partition coefficient (Wildman–Crippen LogP) is 1.59. The van der Waals surface area contributed by atoms with Gasteiger partial charge in [-0.1, -0.05) is 0 Å². The Bertz CT molecular complexity index is 232. The number of carbonyl (C=O) groups excluding carboxylic acids is 2. The first-order valence-corrected chi connectivity index (χ1v) is 4.88. The zero-order chi connectivity index (χ0) is 10.8. The zero-order valence-electron chi connectivity index (χ0n) is 9.00. The van der Waals surface area contributed by atoms with Gasteiger partial charge in [0.05, 0.1) is 0 Å². The predicted molar refractivity (Wildman–Crippen MR) is 52.0 cm³/mol. The van der Waals surface area contributed by atoms with E-state index in [-0.39, 0.29) is 11.9 Å². The summed E-state index contributed by atoms with van der Waals surface area (Å²) < 4.78 is 5.19. The molecule has 0 saturated carbocycles. The topological polar surface area (TPSA) is 46.6 Å². The molecule has 4 nitrogen and oxygen atoms in total. The number of nitrogens with zero attached hydrogens (tertiary/aromatic N) is 1. The third-order valence-corrected chi connectivity index (χ3v) is 1.97. The number of Topliss-reactive ketones (excluding diaryl/α,β-unsaturated/α-hetero) is 1. The number of hydrogen-bond acceptors (Lipinski definition) is 3. The Labute approximate surface area is 84.2 Å². The van der Waals surface area contributed by atoms with E-state index in [4.69, 9.17) is 4.74 Å². The summed E-state index contributed by atoms with van der Waals surface area (Å²) in [4.78, 5) is 24.0. The lowest BCUT2D eigenvalue weighted by molar-refractivity contribution is -0.121. The Morgan fingerprint density at radius 3 is 2.57 bits per heavy atom. The summed E-state index contributed by atoms with van der Waals surface area (Å²) in [5, 5.41) is 0. The number of carbonyl (C=O) groups is 2. The third kappa shape index (κ3) is 3.36. The van der Waals surface area contributed by atoms with E-state index < -0.39 is 5.60 Å². The molecule has 0 aliphatic carbocycles. The highest BCUT2D eigenvalue weighted by Crippen LogP contribution is 2.13. The number of ketones is 1. The minimum Gasteiger partial charge on any atom is -0.444 e. The molecule has 0 atom stereocenters. The van der Waals surface area contributed by atoms with Crippen LogP contribution in [0.15, 0.2) is 0 Å². The summed E-state index contributed by atoms with van der Waals surface area (Å²) in [6.07, 6.45) is 0.600. The second kappa shape index (κ2) is 3.98. The normalized spacial score (nSPS) is 18.2. The highest BCUT2D eigenvalue weighted by atomic mass is 16.6. The molecule has 0 bridgehead atoms. The van der Waals surface area contributed by atoms with Crippen molar-refractivity contribution in [1.82, 2.24) is 4.90 Å². The van der Waals surface area contributed by atoms with Crippen LogP contribution < -0.4 is 0 Å². The number of hydrogen-bond donors (Lipinski definition) is 0. The van der Waals surface area contributed by atoms with Crippen LogP contribution in [0.3, 0.4) is 0 Å². The summed E-state index contributed by atoms with van der Waals surface area (Å²) in [5.74, 6) is 0.227. The largest absolute Gasteiger partial charge is 0.444 e. The molecular formula is C10H17NO3. The lowest BCUT2D eigenvalue weighted by Gasteiger charge is -2.29. The smallest absolute Gasteiger partial charge is 0.410 e. The van der Waals surface area contributed by atoms with Crippen LogP contribution in [-0.2, 0) is 9.53 Å². The molecule has 1 aliphatic rings. The van der Waals surface area contributed by atoms with Crippen LogP contribution in [0, 0.1) is 0 Å². The van der Waals surface area contributed by atoms with Gasteiger partial charge in [-0.25, -0.2) is 4.79 Å². The van der Waals surface area contributed by atoms with Crippen molar-refractivity contribution < 1.29 is 14.3 Å². The molecule has 1 fully saturated rings. The average Bonchev–Trinajstić information content (AvgIpc) is 2.02. The summed E-state index contributed by atoms with van der Waals surface area (Å²) in [6.45, 7) is 6.49. The van der Waals surface area contributed by atoms with Crippen molar-refractivity contribution in [3.05, 3.63) is 0 Å². The van der Waals surface area contributed by atoms with Crippen LogP contribution in [0.25, 0.3) is 0 Å². The Morgan fingerprint density at radius 1 is 1.50 bits per heavy atom. The highest BCUT2D eigenvalue weighted by molar-refractivity contribution is 5.81. The lowest BCUT2D eigenvalue weighted by atomic mass is 10.2. The number of rotatable bonds is 0. The second-order valence-electron chi connectivity index (χ2n) is 4.51. The lowest BCUT2D eigenvalue weighted by Crippen LogP contribution is -2.41.